The summed E-state index contributed by atoms with van der Waals surface area (Å²) in [6, 6.07) is 13.0. The maximum atomic E-state index is 12.9. The highest BCUT2D eigenvalue weighted by Crippen LogP contribution is 2.28. The highest BCUT2D eigenvalue weighted by molar-refractivity contribution is 6.30. The van der Waals surface area contributed by atoms with E-state index in [0.29, 0.717) is 31.1 Å². The van der Waals surface area contributed by atoms with Crippen LogP contribution in [0.15, 0.2) is 48.7 Å². The third-order valence-electron chi connectivity index (χ3n) is 5.21. The Bertz CT molecular complexity index is 820. The minimum absolute atomic E-state index is 0.0582. The maximum absolute atomic E-state index is 12.9. The Morgan fingerprint density at radius 2 is 1.74 bits per heavy atom. The van der Waals surface area contributed by atoms with E-state index >= 15 is 0 Å². The van der Waals surface area contributed by atoms with Crippen LogP contribution in [0.25, 0.3) is 0 Å². The zero-order valence-corrected chi connectivity index (χ0v) is 15.7. The van der Waals surface area contributed by atoms with Crippen LogP contribution in [-0.2, 0) is 9.59 Å². The monoisotopic (exact) mass is 384 g/mol. The SMILES string of the molecule is O=C([C@H]1CCN(c2ccc(Cl)cc2)C1=O)N1CCN(c2ccccn2)CC1. The summed E-state index contributed by atoms with van der Waals surface area (Å²) in [6.07, 6.45) is 2.33. The van der Waals surface area contributed by atoms with Crippen LogP contribution >= 0.6 is 11.6 Å². The van der Waals surface area contributed by atoms with E-state index < -0.39 is 5.92 Å². The summed E-state index contributed by atoms with van der Waals surface area (Å²) < 4.78 is 0. The molecule has 0 aliphatic carbocycles. The number of nitrogens with zero attached hydrogens (tertiary/aromatic N) is 4. The van der Waals surface area contributed by atoms with Crippen LogP contribution in [0, 0.1) is 5.92 Å². The first-order valence-electron chi connectivity index (χ1n) is 9.15. The predicted octanol–water partition coefficient (Wildman–Crippen LogP) is 2.44. The van der Waals surface area contributed by atoms with Crippen LogP contribution < -0.4 is 9.80 Å². The molecule has 4 rings (SSSR count). The van der Waals surface area contributed by atoms with Gasteiger partial charge in [0.05, 0.1) is 0 Å². The number of carbonyl (C=O) groups is 2. The van der Waals surface area contributed by atoms with E-state index in [1.807, 2.05) is 35.2 Å². The first kappa shape index (κ1) is 17.8. The van der Waals surface area contributed by atoms with E-state index in [1.165, 1.54) is 0 Å². The molecule has 1 atom stereocenters. The average Bonchev–Trinajstić information content (AvgIpc) is 3.10. The molecular formula is C20H21ClN4O2. The molecule has 0 N–H and O–H groups in total. The Morgan fingerprint density at radius 1 is 1.00 bits per heavy atom. The summed E-state index contributed by atoms with van der Waals surface area (Å²) in [5.41, 5.74) is 0.791. The van der Waals surface area contributed by atoms with Gasteiger partial charge in [-0.1, -0.05) is 17.7 Å². The third-order valence-corrected chi connectivity index (χ3v) is 5.46. The van der Waals surface area contributed by atoms with Gasteiger partial charge >= 0.3 is 0 Å². The van der Waals surface area contributed by atoms with Gasteiger partial charge < -0.3 is 14.7 Å². The quantitative estimate of drug-likeness (QED) is 0.763. The van der Waals surface area contributed by atoms with Crippen molar-refractivity contribution in [3.05, 3.63) is 53.7 Å². The van der Waals surface area contributed by atoms with Gasteiger partial charge in [-0.3, -0.25) is 9.59 Å². The molecule has 7 heteroatoms. The molecule has 2 saturated heterocycles. The van der Waals surface area contributed by atoms with Crippen molar-refractivity contribution in [2.24, 2.45) is 5.92 Å². The molecule has 2 aliphatic heterocycles. The number of anilines is 2. The van der Waals surface area contributed by atoms with E-state index in [9.17, 15) is 9.59 Å². The zero-order chi connectivity index (χ0) is 18.8. The average molecular weight is 385 g/mol. The van der Waals surface area contributed by atoms with E-state index in [2.05, 4.69) is 9.88 Å². The normalized spacial score (nSPS) is 20.3. The van der Waals surface area contributed by atoms with Crippen molar-refractivity contribution in [2.45, 2.75) is 6.42 Å². The van der Waals surface area contributed by atoms with E-state index in [0.717, 1.165) is 24.6 Å². The molecular weight excluding hydrogens is 364 g/mol. The third kappa shape index (κ3) is 3.62. The van der Waals surface area contributed by atoms with Gasteiger partial charge in [0.1, 0.15) is 11.7 Å². The van der Waals surface area contributed by atoms with Crippen LogP contribution in [0.1, 0.15) is 6.42 Å². The number of carbonyl (C=O) groups excluding carboxylic acids is 2. The number of piperazine rings is 1. The fraction of sp³-hybridized carbons (Fsp3) is 0.350. The molecule has 0 spiro atoms. The molecule has 3 heterocycles. The summed E-state index contributed by atoms with van der Waals surface area (Å²) >= 11 is 5.92. The van der Waals surface area contributed by atoms with E-state index in [4.69, 9.17) is 11.6 Å². The molecule has 2 amide bonds. The number of rotatable bonds is 3. The second kappa shape index (κ2) is 7.56. The second-order valence-corrected chi connectivity index (χ2v) is 7.24. The van der Waals surface area contributed by atoms with Gasteiger partial charge in [-0.15, -0.1) is 0 Å². The van der Waals surface area contributed by atoms with Crippen molar-refractivity contribution in [1.29, 1.82) is 0 Å². The van der Waals surface area contributed by atoms with Crippen LogP contribution in [0.5, 0.6) is 0 Å². The smallest absolute Gasteiger partial charge is 0.239 e. The Hall–Kier alpha value is -2.60. The van der Waals surface area contributed by atoms with E-state index in [1.54, 1.807) is 23.2 Å². The van der Waals surface area contributed by atoms with Crippen LogP contribution in [0.4, 0.5) is 11.5 Å². The summed E-state index contributed by atoms with van der Waals surface area (Å²) in [5, 5.41) is 0.629. The van der Waals surface area contributed by atoms with Crippen molar-refractivity contribution >= 4 is 34.9 Å². The lowest BCUT2D eigenvalue weighted by atomic mass is 10.1. The van der Waals surface area contributed by atoms with Crippen molar-refractivity contribution in [3.63, 3.8) is 0 Å². The molecule has 2 aliphatic rings. The molecule has 0 unspecified atom stereocenters. The Balaban J connectivity index is 1.38. The van der Waals surface area contributed by atoms with Crippen molar-refractivity contribution in [3.8, 4) is 0 Å². The Morgan fingerprint density at radius 3 is 2.41 bits per heavy atom. The van der Waals surface area contributed by atoms with Gasteiger partial charge in [-0.2, -0.15) is 0 Å². The Kier molecular flexibility index (Phi) is 4.99. The topological polar surface area (TPSA) is 56.8 Å². The molecule has 6 nitrogen and oxygen atoms in total. The molecule has 0 bridgehead atoms. The minimum atomic E-state index is -0.581. The van der Waals surface area contributed by atoms with Crippen LogP contribution in [0.3, 0.4) is 0 Å². The number of halogens is 1. The number of pyridine rings is 1. The fourth-order valence-corrected chi connectivity index (χ4v) is 3.83. The number of benzene rings is 1. The highest BCUT2D eigenvalue weighted by atomic mass is 35.5. The fourth-order valence-electron chi connectivity index (χ4n) is 3.70. The molecule has 2 aromatic rings. The van der Waals surface area contributed by atoms with Crippen LogP contribution in [0.2, 0.25) is 5.02 Å². The van der Waals surface area contributed by atoms with E-state index in [-0.39, 0.29) is 11.8 Å². The number of hydrogen-bond donors (Lipinski definition) is 0. The highest BCUT2D eigenvalue weighted by Gasteiger charge is 2.40. The van der Waals surface area contributed by atoms with Crippen molar-refractivity contribution < 1.29 is 9.59 Å². The number of aromatic nitrogens is 1. The molecule has 0 saturated carbocycles. The van der Waals surface area contributed by atoms with Crippen molar-refractivity contribution in [1.82, 2.24) is 9.88 Å². The predicted molar refractivity (Wildman–Crippen MR) is 105 cm³/mol. The van der Waals surface area contributed by atoms with Gasteiger partial charge in [0.25, 0.3) is 0 Å². The molecule has 1 aromatic carbocycles. The minimum Gasteiger partial charge on any atom is -0.353 e. The van der Waals surface area contributed by atoms with Gasteiger partial charge in [-0.25, -0.2) is 4.98 Å². The summed E-state index contributed by atoms with van der Waals surface area (Å²) in [5.74, 6) is 0.171. The molecule has 140 valence electrons. The van der Waals surface area contributed by atoms with Gasteiger partial charge in [0, 0.05) is 49.6 Å². The summed E-state index contributed by atoms with van der Waals surface area (Å²) in [4.78, 5) is 35.7. The lowest BCUT2D eigenvalue weighted by Gasteiger charge is -2.36. The lowest BCUT2D eigenvalue weighted by Crippen LogP contribution is -2.51. The first-order chi connectivity index (χ1) is 13.1. The summed E-state index contributed by atoms with van der Waals surface area (Å²) in [7, 11) is 0. The second-order valence-electron chi connectivity index (χ2n) is 6.81. The summed E-state index contributed by atoms with van der Waals surface area (Å²) in [6.45, 7) is 3.24. The van der Waals surface area contributed by atoms with Crippen LogP contribution in [-0.4, -0.2) is 54.4 Å². The van der Waals surface area contributed by atoms with Gasteiger partial charge in [0.15, 0.2) is 0 Å². The first-order valence-corrected chi connectivity index (χ1v) is 9.53. The Labute approximate surface area is 163 Å². The number of amides is 2. The molecule has 2 fully saturated rings. The molecule has 0 radical (unpaired) electrons. The zero-order valence-electron chi connectivity index (χ0n) is 14.9. The standard InChI is InChI=1S/C20H21ClN4O2/c21-15-4-6-16(7-5-15)25-10-8-17(20(25)27)19(26)24-13-11-23(12-14-24)18-3-1-2-9-22-18/h1-7,9,17H,8,10-14H2/t17-/m1/s1. The maximum Gasteiger partial charge on any atom is 0.239 e. The lowest BCUT2D eigenvalue weighted by molar-refractivity contribution is -0.140. The van der Waals surface area contributed by atoms with Gasteiger partial charge in [0.2, 0.25) is 11.8 Å². The number of hydrogen-bond acceptors (Lipinski definition) is 4. The molecule has 27 heavy (non-hydrogen) atoms. The van der Waals surface area contributed by atoms with Gasteiger partial charge in [-0.05, 0) is 42.8 Å². The van der Waals surface area contributed by atoms with Crippen molar-refractivity contribution in [2.75, 3.05) is 42.5 Å². The molecule has 1 aromatic heterocycles. The largest absolute Gasteiger partial charge is 0.353 e.